The summed E-state index contributed by atoms with van der Waals surface area (Å²) >= 11 is 6.19. The quantitative estimate of drug-likeness (QED) is 0.859. The number of rotatable bonds is 5. The van der Waals surface area contributed by atoms with Crippen molar-refractivity contribution >= 4 is 23.1 Å². The third-order valence-corrected chi connectivity index (χ3v) is 3.13. The summed E-state index contributed by atoms with van der Waals surface area (Å²) in [6, 6.07) is 2.42. The third-order valence-electron chi connectivity index (χ3n) is 2.86. The highest BCUT2D eigenvalue weighted by molar-refractivity contribution is 6.33. The van der Waals surface area contributed by atoms with E-state index >= 15 is 0 Å². The minimum absolute atomic E-state index is 0.625. The van der Waals surface area contributed by atoms with E-state index in [2.05, 4.69) is 16.8 Å². The maximum absolute atomic E-state index is 6.19. The number of nitrogens with zero attached hydrogens (tertiary/aromatic N) is 2. The molecule has 1 aromatic heterocycles. The summed E-state index contributed by atoms with van der Waals surface area (Å²) in [6.45, 7) is 3.24. The lowest BCUT2D eigenvalue weighted by atomic mass is 10.3. The van der Waals surface area contributed by atoms with Gasteiger partial charge in [-0.25, -0.2) is 4.98 Å². The maximum Gasteiger partial charge on any atom is 0.147 e. The second-order valence-corrected chi connectivity index (χ2v) is 4.76. The fraction of sp³-hybridized carbons (Fsp3) is 0.583. The second-order valence-electron chi connectivity index (χ2n) is 4.35. The molecule has 1 fully saturated rings. The van der Waals surface area contributed by atoms with E-state index in [9.17, 15) is 0 Å². The fourth-order valence-electron chi connectivity index (χ4n) is 1.83. The van der Waals surface area contributed by atoms with E-state index in [1.807, 2.05) is 0 Å². The number of aromatic nitrogens is 1. The van der Waals surface area contributed by atoms with Crippen molar-refractivity contribution < 1.29 is 0 Å². The highest BCUT2D eigenvalue weighted by atomic mass is 35.5. The SMILES string of the molecule is CCCCN(c1ncc(N)cc1Cl)C1CC1. The summed E-state index contributed by atoms with van der Waals surface area (Å²) < 4.78 is 0. The average molecular weight is 240 g/mol. The molecule has 1 aromatic rings. The minimum Gasteiger partial charge on any atom is -0.397 e. The van der Waals surface area contributed by atoms with Crippen LogP contribution in [0.15, 0.2) is 12.3 Å². The Morgan fingerprint density at radius 1 is 1.56 bits per heavy atom. The molecule has 0 aromatic carbocycles. The molecule has 16 heavy (non-hydrogen) atoms. The Labute approximate surface area is 102 Å². The molecule has 4 heteroatoms. The zero-order valence-corrected chi connectivity index (χ0v) is 10.4. The van der Waals surface area contributed by atoms with Crippen LogP contribution in [-0.2, 0) is 0 Å². The highest BCUT2D eigenvalue weighted by Crippen LogP contribution is 2.34. The number of anilines is 2. The molecule has 3 nitrogen and oxygen atoms in total. The molecule has 1 aliphatic carbocycles. The number of unbranched alkanes of at least 4 members (excludes halogenated alkanes) is 1. The van der Waals surface area contributed by atoms with Crippen LogP contribution in [0.5, 0.6) is 0 Å². The Kier molecular flexibility index (Phi) is 3.54. The molecule has 1 saturated carbocycles. The van der Waals surface area contributed by atoms with E-state index in [4.69, 9.17) is 17.3 Å². The minimum atomic E-state index is 0.625. The predicted octanol–water partition coefficient (Wildman–Crippen LogP) is 3.09. The molecule has 2 N–H and O–H groups in total. The van der Waals surface area contributed by atoms with Crippen LogP contribution in [0.2, 0.25) is 5.02 Å². The topological polar surface area (TPSA) is 42.2 Å². The van der Waals surface area contributed by atoms with E-state index in [0.717, 1.165) is 12.4 Å². The predicted molar refractivity (Wildman–Crippen MR) is 68.9 cm³/mol. The van der Waals surface area contributed by atoms with Crippen LogP contribution in [0, 0.1) is 0 Å². The Morgan fingerprint density at radius 2 is 2.31 bits per heavy atom. The van der Waals surface area contributed by atoms with Crippen LogP contribution < -0.4 is 10.6 Å². The van der Waals surface area contributed by atoms with Crippen molar-refractivity contribution in [3.8, 4) is 0 Å². The van der Waals surface area contributed by atoms with Gasteiger partial charge in [-0.2, -0.15) is 0 Å². The van der Waals surface area contributed by atoms with E-state index in [-0.39, 0.29) is 0 Å². The molecule has 0 atom stereocenters. The van der Waals surface area contributed by atoms with Gasteiger partial charge in [0.25, 0.3) is 0 Å². The first-order valence-electron chi connectivity index (χ1n) is 5.90. The first kappa shape index (κ1) is 11.5. The molecule has 0 saturated heterocycles. The lowest BCUT2D eigenvalue weighted by Crippen LogP contribution is -2.28. The van der Waals surface area contributed by atoms with Crippen molar-refractivity contribution in [3.05, 3.63) is 17.3 Å². The van der Waals surface area contributed by atoms with E-state index in [1.165, 1.54) is 25.7 Å². The van der Waals surface area contributed by atoms with Gasteiger partial charge in [0, 0.05) is 12.6 Å². The van der Waals surface area contributed by atoms with Crippen molar-refractivity contribution in [2.75, 3.05) is 17.2 Å². The zero-order chi connectivity index (χ0) is 11.5. The number of nitrogen functional groups attached to an aromatic ring is 1. The third kappa shape index (κ3) is 2.59. The molecule has 0 unspecified atom stereocenters. The van der Waals surface area contributed by atoms with Gasteiger partial charge in [0.2, 0.25) is 0 Å². The molecule has 1 aliphatic rings. The molecule has 1 heterocycles. The number of halogens is 1. The van der Waals surface area contributed by atoms with Crippen LogP contribution in [0.25, 0.3) is 0 Å². The lowest BCUT2D eigenvalue weighted by molar-refractivity contribution is 0.705. The Bertz CT molecular complexity index is 363. The Balaban J connectivity index is 2.17. The van der Waals surface area contributed by atoms with Crippen molar-refractivity contribution in [3.63, 3.8) is 0 Å². The summed E-state index contributed by atoms with van der Waals surface area (Å²) in [5.74, 6) is 0.895. The molecular weight excluding hydrogens is 222 g/mol. The van der Waals surface area contributed by atoms with Crippen molar-refractivity contribution in [2.45, 2.75) is 38.6 Å². The lowest BCUT2D eigenvalue weighted by Gasteiger charge is -2.24. The van der Waals surface area contributed by atoms with Gasteiger partial charge in [0.15, 0.2) is 0 Å². The van der Waals surface area contributed by atoms with Gasteiger partial charge in [-0.15, -0.1) is 0 Å². The van der Waals surface area contributed by atoms with Crippen molar-refractivity contribution in [1.82, 2.24) is 4.98 Å². The van der Waals surface area contributed by atoms with Gasteiger partial charge in [-0.05, 0) is 25.3 Å². The summed E-state index contributed by atoms with van der Waals surface area (Å²) in [5.41, 5.74) is 6.28. The largest absolute Gasteiger partial charge is 0.397 e. The van der Waals surface area contributed by atoms with Gasteiger partial charge in [-0.1, -0.05) is 24.9 Å². The van der Waals surface area contributed by atoms with E-state index in [1.54, 1.807) is 12.3 Å². The fourth-order valence-corrected chi connectivity index (χ4v) is 2.12. The van der Waals surface area contributed by atoms with E-state index < -0.39 is 0 Å². The van der Waals surface area contributed by atoms with Crippen LogP contribution in [0.3, 0.4) is 0 Å². The summed E-state index contributed by atoms with van der Waals surface area (Å²) in [5, 5.41) is 0.669. The van der Waals surface area contributed by atoms with Crippen molar-refractivity contribution in [2.24, 2.45) is 0 Å². The number of pyridine rings is 1. The summed E-state index contributed by atoms with van der Waals surface area (Å²) in [7, 11) is 0. The van der Waals surface area contributed by atoms with Crippen LogP contribution in [0.1, 0.15) is 32.6 Å². The molecule has 0 radical (unpaired) electrons. The zero-order valence-electron chi connectivity index (χ0n) is 9.62. The first-order chi connectivity index (χ1) is 7.72. The van der Waals surface area contributed by atoms with Crippen molar-refractivity contribution in [1.29, 1.82) is 0 Å². The molecule has 2 rings (SSSR count). The maximum atomic E-state index is 6.19. The normalized spacial score (nSPS) is 15.1. The molecule has 0 amide bonds. The average Bonchev–Trinajstić information content (AvgIpc) is 3.05. The number of hydrogen-bond donors (Lipinski definition) is 1. The highest BCUT2D eigenvalue weighted by Gasteiger charge is 2.30. The molecular formula is C12H18ClN3. The van der Waals surface area contributed by atoms with Gasteiger partial charge < -0.3 is 10.6 Å². The molecule has 0 bridgehead atoms. The van der Waals surface area contributed by atoms with Gasteiger partial charge in [-0.3, -0.25) is 0 Å². The summed E-state index contributed by atoms with van der Waals surface area (Å²) in [4.78, 5) is 6.69. The first-order valence-corrected chi connectivity index (χ1v) is 6.28. The molecule has 0 aliphatic heterocycles. The Morgan fingerprint density at radius 3 is 2.88 bits per heavy atom. The standard InChI is InChI=1S/C12H18ClN3/c1-2-3-6-16(10-4-5-10)12-11(13)7-9(14)8-15-12/h7-8,10H,2-6,14H2,1H3. The van der Waals surface area contributed by atoms with Crippen LogP contribution >= 0.6 is 11.6 Å². The van der Waals surface area contributed by atoms with Crippen LogP contribution in [-0.4, -0.2) is 17.6 Å². The van der Waals surface area contributed by atoms with Gasteiger partial charge in [0.05, 0.1) is 16.9 Å². The number of hydrogen-bond acceptors (Lipinski definition) is 3. The second kappa shape index (κ2) is 4.91. The monoisotopic (exact) mass is 239 g/mol. The number of nitrogens with two attached hydrogens (primary N) is 1. The van der Waals surface area contributed by atoms with Crippen LogP contribution in [0.4, 0.5) is 11.5 Å². The molecule has 0 spiro atoms. The van der Waals surface area contributed by atoms with Gasteiger partial charge >= 0.3 is 0 Å². The van der Waals surface area contributed by atoms with E-state index in [0.29, 0.717) is 16.8 Å². The molecule has 88 valence electrons. The summed E-state index contributed by atoms with van der Waals surface area (Å²) in [6.07, 6.45) is 6.56. The smallest absolute Gasteiger partial charge is 0.147 e. The van der Waals surface area contributed by atoms with Gasteiger partial charge in [0.1, 0.15) is 5.82 Å². The Hall–Kier alpha value is -0.960.